The summed E-state index contributed by atoms with van der Waals surface area (Å²) >= 11 is 0. The molecule has 2 aromatic rings. The lowest BCUT2D eigenvalue weighted by Gasteiger charge is -2.35. The molecule has 1 N–H and O–H groups in total. The molecule has 1 aromatic heterocycles. The van der Waals surface area contributed by atoms with Gasteiger partial charge in [-0.25, -0.2) is 22.9 Å². The summed E-state index contributed by atoms with van der Waals surface area (Å²) in [5.41, 5.74) is 1.28. The molecule has 1 aliphatic carbocycles. The molecule has 1 amide bonds. The fourth-order valence-electron chi connectivity index (χ4n) is 4.22. The Balaban J connectivity index is 1.30. The van der Waals surface area contributed by atoms with Crippen molar-refractivity contribution >= 4 is 21.9 Å². The molecule has 1 saturated heterocycles. The molecule has 0 radical (unpaired) electrons. The molecular weight excluding hydrogens is 416 g/mol. The van der Waals surface area contributed by atoms with E-state index in [1.807, 2.05) is 18.2 Å². The van der Waals surface area contributed by atoms with Crippen LogP contribution in [0.15, 0.2) is 53.6 Å². The van der Waals surface area contributed by atoms with Gasteiger partial charge in [-0.3, -0.25) is 9.80 Å². The minimum absolute atomic E-state index is 0.0837. The molecule has 31 heavy (non-hydrogen) atoms. The second-order valence-corrected chi connectivity index (χ2v) is 9.86. The molecule has 1 aliphatic heterocycles. The Hall–Kier alpha value is -2.49. The number of rotatable bonds is 7. The number of hydrogen-bond donors (Lipinski definition) is 1. The third kappa shape index (κ3) is 5.23. The van der Waals surface area contributed by atoms with Gasteiger partial charge in [0.15, 0.2) is 0 Å². The van der Waals surface area contributed by atoms with Crippen molar-refractivity contribution in [1.82, 2.24) is 14.6 Å². The normalized spacial score (nSPS) is 22.0. The number of nitrogens with one attached hydrogen (secondary N) is 1. The smallest absolute Gasteiger partial charge is 0.415 e. The van der Waals surface area contributed by atoms with E-state index < -0.39 is 16.1 Å². The van der Waals surface area contributed by atoms with Gasteiger partial charge in [0.2, 0.25) is 10.0 Å². The summed E-state index contributed by atoms with van der Waals surface area (Å²) in [7, 11) is -1.53. The van der Waals surface area contributed by atoms with Crippen LogP contribution < -0.4 is 9.62 Å². The quantitative estimate of drug-likeness (QED) is 0.706. The van der Waals surface area contributed by atoms with Crippen molar-refractivity contribution in [3.05, 3.63) is 54.2 Å². The molecule has 2 heterocycles. The maximum atomic E-state index is 12.8. The van der Waals surface area contributed by atoms with Crippen molar-refractivity contribution in [2.24, 2.45) is 0 Å². The van der Waals surface area contributed by atoms with Gasteiger partial charge in [0, 0.05) is 24.8 Å². The summed E-state index contributed by atoms with van der Waals surface area (Å²) in [6.45, 7) is 1.62. The zero-order valence-electron chi connectivity index (χ0n) is 17.6. The molecule has 166 valence electrons. The molecule has 9 heteroatoms. The van der Waals surface area contributed by atoms with E-state index in [4.69, 9.17) is 4.74 Å². The number of carbonyl (C=O) groups excluding carboxylic acids is 1. The number of sulfonamides is 1. The van der Waals surface area contributed by atoms with Crippen LogP contribution in [0.2, 0.25) is 0 Å². The number of pyridine rings is 1. The highest BCUT2D eigenvalue weighted by molar-refractivity contribution is 7.89. The van der Waals surface area contributed by atoms with E-state index >= 15 is 0 Å². The van der Waals surface area contributed by atoms with Gasteiger partial charge in [-0.05, 0) is 50.4 Å². The zero-order chi connectivity index (χ0) is 21.8. The highest BCUT2D eigenvalue weighted by atomic mass is 32.2. The van der Waals surface area contributed by atoms with Gasteiger partial charge in [0.25, 0.3) is 0 Å². The number of amides is 1. The van der Waals surface area contributed by atoms with Crippen molar-refractivity contribution in [3.63, 3.8) is 0 Å². The zero-order valence-corrected chi connectivity index (χ0v) is 18.4. The van der Waals surface area contributed by atoms with Crippen LogP contribution in [-0.2, 0) is 21.3 Å². The third-order valence-corrected chi connectivity index (χ3v) is 7.49. The maximum Gasteiger partial charge on any atom is 0.415 e. The van der Waals surface area contributed by atoms with Crippen LogP contribution in [0.4, 0.5) is 10.6 Å². The van der Waals surface area contributed by atoms with E-state index in [1.165, 1.54) is 28.8 Å². The summed E-state index contributed by atoms with van der Waals surface area (Å²) in [6.07, 6.45) is 4.33. The van der Waals surface area contributed by atoms with Crippen molar-refractivity contribution < 1.29 is 17.9 Å². The first-order valence-electron chi connectivity index (χ1n) is 10.6. The van der Waals surface area contributed by atoms with Crippen LogP contribution in [0, 0.1) is 0 Å². The van der Waals surface area contributed by atoms with Gasteiger partial charge in [0.05, 0.1) is 6.54 Å². The van der Waals surface area contributed by atoms with Crippen LogP contribution in [0.5, 0.6) is 0 Å². The predicted octanol–water partition coefficient (Wildman–Crippen LogP) is 2.76. The van der Waals surface area contributed by atoms with Crippen LogP contribution in [-0.4, -0.2) is 56.7 Å². The third-order valence-electron chi connectivity index (χ3n) is 5.99. The lowest BCUT2D eigenvalue weighted by atomic mass is 9.91. The second-order valence-electron chi connectivity index (χ2n) is 8.15. The van der Waals surface area contributed by atoms with Crippen molar-refractivity contribution in [3.8, 4) is 0 Å². The summed E-state index contributed by atoms with van der Waals surface area (Å²) < 4.78 is 33.3. The molecule has 0 bridgehead atoms. The monoisotopic (exact) mass is 444 g/mol. The predicted molar refractivity (Wildman–Crippen MR) is 117 cm³/mol. The molecule has 0 unspecified atom stereocenters. The van der Waals surface area contributed by atoms with E-state index in [0.717, 1.165) is 32.2 Å². The van der Waals surface area contributed by atoms with E-state index in [1.54, 1.807) is 0 Å². The number of carbonyl (C=O) groups is 1. The van der Waals surface area contributed by atoms with Gasteiger partial charge in [-0.15, -0.1) is 0 Å². The SMILES string of the molecule is CN(Cc1ccccc1)[C@H]1CC[C@H](NS(=O)(=O)c2ccc(N3CCOC3=O)nc2)CC1. The minimum Gasteiger partial charge on any atom is -0.447 e. The van der Waals surface area contributed by atoms with Crippen molar-refractivity contribution in [2.45, 2.75) is 49.2 Å². The van der Waals surface area contributed by atoms with Crippen LogP contribution in [0.3, 0.4) is 0 Å². The van der Waals surface area contributed by atoms with Gasteiger partial charge < -0.3 is 4.74 Å². The second kappa shape index (κ2) is 9.33. The van der Waals surface area contributed by atoms with Crippen LogP contribution >= 0.6 is 0 Å². The number of benzene rings is 1. The maximum absolute atomic E-state index is 12.8. The van der Waals surface area contributed by atoms with Gasteiger partial charge >= 0.3 is 6.09 Å². The fourth-order valence-corrected chi connectivity index (χ4v) is 5.46. The fraction of sp³-hybridized carbons (Fsp3) is 0.455. The Morgan fingerprint density at radius 2 is 1.87 bits per heavy atom. The first kappa shape index (κ1) is 21.7. The molecule has 4 rings (SSSR count). The first-order valence-corrected chi connectivity index (χ1v) is 12.1. The number of nitrogens with zero attached hydrogens (tertiary/aromatic N) is 3. The van der Waals surface area contributed by atoms with E-state index in [9.17, 15) is 13.2 Å². The molecule has 0 atom stereocenters. The highest BCUT2D eigenvalue weighted by Crippen LogP contribution is 2.25. The summed E-state index contributed by atoms with van der Waals surface area (Å²) in [5.74, 6) is 0.392. The topological polar surface area (TPSA) is 91.8 Å². The molecule has 8 nitrogen and oxygen atoms in total. The Bertz CT molecular complexity index is 990. The van der Waals surface area contributed by atoms with E-state index in [-0.39, 0.29) is 10.9 Å². The van der Waals surface area contributed by atoms with Crippen molar-refractivity contribution in [1.29, 1.82) is 0 Å². The summed E-state index contributed by atoms with van der Waals surface area (Å²) in [4.78, 5) is 19.6. The number of cyclic esters (lactones) is 1. The van der Waals surface area contributed by atoms with Gasteiger partial charge in [0.1, 0.15) is 17.3 Å². The number of ether oxygens (including phenoxy) is 1. The highest BCUT2D eigenvalue weighted by Gasteiger charge is 2.29. The Labute approximate surface area is 183 Å². The van der Waals surface area contributed by atoms with Crippen LogP contribution in [0.25, 0.3) is 0 Å². The number of anilines is 1. The number of aromatic nitrogens is 1. The average Bonchev–Trinajstić information content (AvgIpc) is 3.20. The lowest BCUT2D eigenvalue weighted by molar-refractivity contribution is 0.173. The Morgan fingerprint density at radius 3 is 2.48 bits per heavy atom. The largest absolute Gasteiger partial charge is 0.447 e. The standard InChI is InChI=1S/C22H28N4O4S/c1-25(16-17-5-3-2-4-6-17)19-9-7-18(8-10-19)24-31(28,29)20-11-12-21(23-15-20)26-13-14-30-22(26)27/h2-6,11-12,15,18-19,24H,7-10,13-14,16H2,1H3/t18-,19-. The van der Waals surface area contributed by atoms with E-state index in [0.29, 0.717) is 25.0 Å². The van der Waals surface area contributed by atoms with E-state index in [2.05, 4.69) is 33.8 Å². The van der Waals surface area contributed by atoms with Gasteiger partial charge in [-0.1, -0.05) is 30.3 Å². The number of hydrogen-bond acceptors (Lipinski definition) is 6. The lowest BCUT2D eigenvalue weighted by Crippen LogP contribution is -2.42. The first-order chi connectivity index (χ1) is 14.9. The Morgan fingerprint density at radius 1 is 1.13 bits per heavy atom. The van der Waals surface area contributed by atoms with Crippen molar-refractivity contribution in [2.75, 3.05) is 25.1 Å². The molecule has 2 aliphatic rings. The molecule has 2 fully saturated rings. The summed E-state index contributed by atoms with van der Waals surface area (Å²) in [6, 6.07) is 13.8. The summed E-state index contributed by atoms with van der Waals surface area (Å²) in [5, 5.41) is 0. The van der Waals surface area contributed by atoms with Gasteiger partial charge in [-0.2, -0.15) is 0 Å². The van der Waals surface area contributed by atoms with Crippen LogP contribution in [0.1, 0.15) is 31.2 Å². The average molecular weight is 445 g/mol. The molecule has 1 saturated carbocycles. The molecule has 0 spiro atoms. The molecule has 1 aromatic carbocycles. The Kier molecular flexibility index (Phi) is 6.54. The minimum atomic E-state index is -3.66. The molecular formula is C22H28N4O4S.